The van der Waals surface area contributed by atoms with Gasteiger partial charge < -0.3 is 0 Å². The van der Waals surface area contributed by atoms with Gasteiger partial charge in [0.2, 0.25) is 0 Å². The van der Waals surface area contributed by atoms with Gasteiger partial charge in [-0.1, -0.05) is 0 Å². The average molecular weight is 106 g/mol. The first-order valence-corrected chi connectivity index (χ1v) is 2.33. The molecule has 0 spiro atoms. The number of allylic oxidation sites excluding steroid dienone is 5. The predicted octanol–water partition coefficient (Wildman–Crippen LogP) is 1.02. The summed E-state index contributed by atoms with van der Waals surface area (Å²) < 4.78 is 0. The van der Waals surface area contributed by atoms with Gasteiger partial charge in [0.1, 0.15) is 0 Å². The Morgan fingerprint density at radius 2 is 1.62 bits per heavy atom. The molecule has 0 unspecified atom stereocenters. The molecule has 0 atom stereocenters. The highest BCUT2D eigenvalue weighted by molar-refractivity contribution is 6.02. The average Bonchev–Trinajstić information content (AvgIpc) is 1.77. The molecule has 1 heteroatoms. The zero-order chi connectivity index (χ0) is 5.98. The molecule has 8 heavy (non-hydrogen) atoms. The maximum atomic E-state index is 8.70. The van der Waals surface area contributed by atoms with Crippen LogP contribution in [-0.2, 0) is 0 Å². The molecule has 0 saturated carbocycles. The van der Waals surface area contributed by atoms with Crippen molar-refractivity contribution >= 4 is 5.78 Å². The summed E-state index contributed by atoms with van der Waals surface area (Å²) in [4.78, 5) is 8.70. The normalized spacial score (nSPS) is 17.5. The lowest BCUT2D eigenvalue weighted by atomic mass is 10.1. The molecule has 0 amide bonds. The summed E-state index contributed by atoms with van der Waals surface area (Å²) in [6.07, 6.45) is 6.40. The van der Waals surface area contributed by atoms with Crippen LogP contribution in [0.15, 0.2) is 29.9 Å². The topological polar surface area (TPSA) is 21.4 Å². The van der Waals surface area contributed by atoms with E-state index in [1.165, 1.54) is 0 Å². The van der Waals surface area contributed by atoms with Crippen LogP contribution < -0.4 is 0 Å². The van der Waals surface area contributed by atoms with Crippen LogP contribution >= 0.6 is 0 Å². The molecule has 0 aliphatic heterocycles. The monoisotopic (exact) mass is 106 g/mol. The van der Waals surface area contributed by atoms with E-state index in [1.807, 2.05) is 0 Å². The van der Waals surface area contributed by atoms with Crippen LogP contribution in [0, 0.1) is 6.58 Å². The van der Waals surface area contributed by atoms with Gasteiger partial charge in [-0.05, 0) is 12.2 Å². The lowest BCUT2D eigenvalue weighted by Crippen LogP contribution is -1.90. The minimum Gasteiger partial charge on any atom is -0.276 e. The highest BCUT2D eigenvalue weighted by Crippen LogP contribution is 2.00. The fraction of sp³-hybridized carbons (Fsp3) is 0. The number of rotatable bonds is 0. The van der Waals surface area contributed by atoms with Crippen molar-refractivity contribution in [1.29, 1.82) is 0 Å². The van der Waals surface area contributed by atoms with E-state index in [1.54, 1.807) is 24.3 Å². The SMILES string of the molecule is [CH-]=C1C=CC(=[OH+])C=C1. The van der Waals surface area contributed by atoms with Gasteiger partial charge in [-0.2, -0.15) is 17.7 Å². The van der Waals surface area contributed by atoms with Crippen molar-refractivity contribution in [1.82, 2.24) is 0 Å². The van der Waals surface area contributed by atoms with Crippen molar-refractivity contribution in [3.05, 3.63) is 36.5 Å². The van der Waals surface area contributed by atoms with Gasteiger partial charge in [0.25, 0.3) is 0 Å². The lowest BCUT2D eigenvalue weighted by molar-refractivity contribution is 0.683. The second kappa shape index (κ2) is 1.78. The molecule has 0 saturated heterocycles. The Kier molecular flexibility index (Phi) is 1.12. The van der Waals surface area contributed by atoms with Crippen LogP contribution in [0.2, 0.25) is 0 Å². The van der Waals surface area contributed by atoms with Gasteiger partial charge in [-0.15, -0.1) is 0 Å². The quantitative estimate of drug-likeness (QED) is 0.325. The molecule has 0 bridgehead atoms. The summed E-state index contributed by atoms with van der Waals surface area (Å²) in [5.41, 5.74) is 0.669. The zero-order valence-electron chi connectivity index (χ0n) is 4.33. The van der Waals surface area contributed by atoms with Gasteiger partial charge in [0, 0.05) is 0 Å². The molecule has 1 N–H and O–H groups in total. The van der Waals surface area contributed by atoms with Gasteiger partial charge in [-0.3, -0.25) is 4.79 Å². The van der Waals surface area contributed by atoms with Gasteiger partial charge in [0.05, 0.1) is 0 Å². The molecule has 0 aromatic carbocycles. The van der Waals surface area contributed by atoms with Crippen molar-refractivity contribution in [2.24, 2.45) is 0 Å². The Morgan fingerprint density at radius 3 is 2.00 bits per heavy atom. The van der Waals surface area contributed by atoms with Crippen LogP contribution in [0.25, 0.3) is 0 Å². The summed E-state index contributed by atoms with van der Waals surface area (Å²) >= 11 is 0. The molecule has 1 aliphatic rings. The third-order valence-corrected chi connectivity index (χ3v) is 0.893. The Hall–Kier alpha value is -1.11. The van der Waals surface area contributed by atoms with Crippen molar-refractivity contribution in [3.63, 3.8) is 0 Å². The second-order valence-corrected chi connectivity index (χ2v) is 1.59. The van der Waals surface area contributed by atoms with E-state index in [9.17, 15) is 0 Å². The summed E-state index contributed by atoms with van der Waals surface area (Å²) in [6, 6.07) is 0. The largest absolute Gasteiger partial charge is 0.316 e. The van der Waals surface area contributed by atoms with E-state index in [0.29, 0.717) is 5.57 Å². The number of hydrogen-bond acceptors (Lipinski definition) is 0. The third-order valence-electron chi connectivity index (χ3n) is 0.893. The van der Waals surface area contributed by atoms with Gasteiger partial charge in [0.15, 0.2) is 0 Å². The smallest absolute Gasteiger partial charge is 0.276 e. The molecule has 0 radical (unpaired) electrons. The molecule has 40 valence electrons. The van der Waals surface area contributed by atoms with E-state index < -0.39 is 0 Å². The van der Waals surface area contributed by atoms with Gasteiger partial charge >= 0.3 is 5.78 Å². The Morgan fingerprint density at radius 1 is 1.12 bits per heavy atom. The van der Waals surface area contributed by atoms with Crippen LogP contribution in [0.1, 0.15) is 0 Å². The molecule has 1 nitrogen and oxygen atoms in total. The van der Waals surface area contributed by atoms with E-state index in [-0.39, 0.29) is 5.78 Å². The van der Waals surface area contributed by atoms with E-state index in [0.717, 1.165) is 0 Å². The summed E-state index contributed by atoms with van der Waals surface area (Å²) in [5.74, 6) is 0.249. The molecular weight excluding hydrogens is 100 g/mol. The first-order valence-electron chi connectivity index (χ1n) is 2.33. The zero-order valence-corrected chi connectivity index (χ0v) is 4.33. The van der Waals surface area contributed by atoms with E-state index in [4.69, 9.17) is 11.4 Å². The van der Waals surface area contributed by atoms with Crippen molar-refractivity contribution in [2.45, 2.75) is 0 Å². The fourth-order valence-electron chi connectivity index (χ4n) is 0.474. The van der Waals surface area contributed by atoms with Crippen LogP contribution in [0.4, 0.5) is 0 Å². The van der Waals surface area contributed by atoms with E-state index in [2.05, 4.69) is 0 Å². The number of hydrogen-bond donors (Lipinski definition) is 0. The van der Waals surface area contributed by atoms with Crippen molar-refractivity contribution in [2.75, 3.05) is 0 Å². The molecule has 1 rings (SSSR count). The van der Waals surface area contributed by atoms with Crippen LogP contribution in [0.5, 0.6) is 0 Å². The summed E-state index contributed by atoms with van der Waals surface area (Å²) in [5, 5.41) is 0. The van der Waals surface area contributed by atoms with Crippen molar-refractivity contribution in [3.8, 4) is 0 Å². The highest BCUT2D eigenvalue weighted by Gasteiger charge is 1.93. The predicted molar refractivity (Wildman–Crippen MR) is 33.0 cm³/mol. The van der Waals surface area contributed by atoms with Crippen molar-refractivity contribution < 1.29 is 4.79 Å². The Labute approximate surface area is 48.0 Å². The molecular formula is C7H6O. The maximum Gasteiger partial charge on any atom is 0.316 e. The molecule has 1 aliphatic carbocycles. The number of ketones is 1. The summed E-state index contributed by atoms with van der Waals surface area (Å²) in [6.45, 7) is 5.32. The standard InChI is InChI=1S/C7H5O/c1-6-2-4-7(8)5-3-6/h1-5H/q-1/p+1. The molecule has 0 fully saturated rings. The molecule has 0 aromatic rings. The maximum absolute atomic E-state index is 8.70. The first kappa shape index (κ1) is 5.04. The third kappa shape index (κ3) is 0.936. The summed E-state index contributed by atoms with van der Waals surface area (Å²) in [7, 11) is 0. The minimum atomic E-state index is 0.249. The fourth-order valence-corrected chi connectivity index (χ4v) is 0.474. The molecule has 0 aromatic heterocycles. The Bertz CT molecular complexity index is 147. The van der Waals surface area contributed by atoms with Crippen LogP contribution in [-0.4, -0.2) is 10.6 Å². The van der Waals surface area contributed by atoms with Gasteiger partial charge in [-0.25, -0.2) is 6.58 Å². The van der Waals surface area contributed by atoms with E-state index >= 15 is 0 Å². The number of carbonyl (C=O) groups excluding carboxylic acids is 1. The Balaban J connectivity index is 2.83. The second-order valence-electron chi connectivity index (χ2n) is 1.59. The lowest BCUT2D eigenvalue weighted by Gasteiger charge is -1.99. The highest BCUT2D eigenvalue weighted by atomic mass is 16.1. The molecule has 0 heterocycles. The van der Waals surface area contributed by atoms with Crippen LogP contribution in [0.3, 0.4) is 0 Å². The first-order chi connectivity index (χ1) is 3.79. The minimum absolute atomic E-state index is 0.249.